The summed E-state index contributed by atoms with van der Waals surface area (Å²) >= 11 is 3.54. The van der Waals surface area contributed by atoms with Crippen molar-refractivity contribution in [3.8, 4) is 0 Å². The molecule has 24 heavy (non-hydrogen) atoms. The van der Waals surface area contributed by atoms with Crippen LogP contribution in [-0.4, -0.2) is 37.4 Å². The number of hydrogen-bond acceptors (Lipinski definition) is 3. The normalized spacial score (nSPS) is 11.2. The second kappa shape index (κ2) is 9.12. The van der Waals surface area contributed by atoms with Crippen LogP contribution in [0.5, 0.6) is 0 Å². The number of hydrogen-bond donors (Lipinski definition) is 2. The van der Waals surface area contributed by atoms with Crippen molar-refractivity contribution in [2.45, 2.75) is 13.1 Å². The third-order valence-electron chi connectivity index (χ3n) is 3.39. The van der Waals surface area contributed by atoms with Crippen LogP contribution in [0.25, 0.3) is 0 Å². The number of guanidine groups is 1. The Morgan fingerprint density at radius 2 is 2.04 bits per heavy atom. The van der Waals surface area contributed by atoms with Gasteiger partial charge in [0.15, 0.2) is 5.96 Å². The van der Waals surface area contributed by atoms with Crippen LogP contribution in [0.1, 0.15) is 11.3 Å². The van der Waals surface area contributed by atoms with Crippen molar-refractivity contribution in [3.63, 3.8) is 0 Å². The van der Waals surface area contributed by atoms with Gasteiger partial charge in [-0.3, -0.25) is 9.79 Å². The number of aliphatic imine (C=N–C) groups is 1. The molecule has 0 aliphatic heterocycles. The van der Waals surface area contributed by atoms with E-state index >= 15 is 0 Å². The first-order valence-corrected chi connectivity index (χ1v) is 8.33. The van der Waals surface area contributed by atoms with Gasteiger partial charge in [0.05, 0.1) is 19.4 Å². The van der Waals surface area contributed by atoms with Gasteiger partial charge in [-0.2, -0.15) is 0 Å². The summed E-state index contributed by atoms with van der Waals surface area (Å²) in [5.74, 6) is 1.25. The molecule has 0 aliphatic rings. The van der Waals surface area contributed by atoms with E-state index in [0.29, 0.717) is 19.0 Å². The summed E-state index contributed by atoms with van der Waals surface area (Å²) in [5, 5.41) is 5.84. The van der Waals surface area contributed by atoms with E-state index < -0.39 is 0 Å². The van der Waals surface area contributed by atoms with Gasteiger partial charge in [0.2, 0.25) is 5.91 Å². The molecule has 0 unspecified atom stereocenters. The average Bonchev–Trinajstić information content (AvgIpc) is 3.09. The van der Waals surface area contributed by atoms with Crippen molar-refractivity contribution in [1.29, 1.82) is 0 Å². The number of halogens is 1. The predicted molar refractivity (Wildman–Crippen MR) is 97.5 cm³/mol. The summed E-state index contributed by atoms with van der Waals surface area (Å²) in [7, 11) is 3.62. The van der Waals surface area contributed by atoms with Gasteiger partial charge in [0.25, 0.3) is 0 Å². The van der Waals surface area contributed by atoms with E-state index in [0.717, 1.165) is 15.8 Å². The van der Waals surface area contributed by atoms with Crippen LogP contribution in [0.2, 0.25) is 0 Å². The Labute approximate surface area is 150 Å². The van der Waals surface area contributed by atoms with Crippen molar-refractivity contribution in [2.75, 3.05) is 20.6 Å². The molecule has 1 amide bonds. The van der Waals surface area contributed by atoms with Crippen LogP contribution < -0.4 is 10.6 Å². The van der Waals surface area contributed by atoms with Crippen molar-refractivity contribution < 1.29 is 9.21 Å². The van der Waals surface area contributed by atoms with E-state index in [1.165, 1.54) is 0 Å². The van der Waals surface area contributed by atoms with Gasteiger partial charge >= 0.3 is 0 Å². The zero-order chi connectivity index (χ0) is 17.4. The highest BCUT2D eigenvalue weighted by Crippen LogP contribution is 2.17. The largest absolute Gasteiger partial charge is 0.467 e. The van der Waals surface area contributed by atoms with Gasteiger partial charge in [0, 0.05) is 25.1 Å². The van der Waals surface area contributed by atoms with E-state index in [9.17, 15) is 4.79 Å². The van der Waals surface area contributed by atoms with Gasteiger partial charge in [-0.05, 0) is 23.8 Å². The molecule has 2 rings (SSSR count). The number of amides is 1. The molecule has 0 radical (unpaired) electrons. The molecule has 7 heteroatoms. The number of nitrogens with zero attached hydrogens (tertiary/aromatic N) is 2. The quantitative estimate of drug-likeness (QED) is 0.584. The summed E-state index contributed by atoms with van der Waals surface area (Å²) in [4.78, 5) is 18.1. The SMILES string of the molecule is CN=C(NCC(=O)NCc1ccco1)N(C)Cc1ccccc1Br. The van der Waals surface area contributed by atoms with Gasteiger partial charge < -0.3 is 20.0 Å². The summed E-state index contributed by atoms with van der Waals surface area (Å²) in [6.07, 6.45) is 1.58. The first-order valence-electron chi connectivity index (χ1n) is 7.54. The van der Waals surface area contributed by atoms with Crippen LogP contribution in [0.15, 0.2) is 56.5 Å². The molecule has 0 atom stereocenters. The molecule has 1 heterocycles. The average molecular weight is 393 g/mol. The van der Waals surface area contributed by atoms with Crippen LogP contribution >= 0.6 is 15.9 Å². The van der Waals surface area contributed by atoms with Crippen LogP contribution in [0, 0.1) is 0 Å². The first kappa shape index (κ1) is 18.1. The van der Waals surface area contributed by atoms with E-state index in [-0.39, 0.29) is 12.5 Å². The highest BCUT2D eigenvalue weighted by Gasteiger charge is 2.10. The predicted octanol–water partition coefficient (Wildman–Crippen LogP) is 2.37. The van der Waals surface area contributed by atoms with Gasteiger partial charge in [-0.1, -0.05) is 34.1 Å². The fourth-order valence-corrected chi connectivity index (χ4v) is 2.57. The summed E-state index contributed by atoms with van der Waals surface area (Å²) in [6.45, 7) is 1.20. The Morgan fingerprint density at radius 1 is 1.25 bits per heavy atom. The Kier molecular flexibility index (Phi) is 6.87. The van der Waals surface area contributed by atoms with Crippen molar-refractivity contribution in [2.24, 2.45) is 4.99 Å². The topological polar surface area (TPSA) is 69.9 Å². The monoisotopic (exact) mass is 392 g/mol. The summed E-state index contributed by atoms with van der Waals surface area (Å²) < 4.78 is 6.22. The highest BCUT2D eigenvalue weighted by atomic mass is 79.9. The first-order chi connectivity index (χ1) is 11.6. The maximum atomic E-state index is 11.9. The Balaban J connectivity index is 1.80. The maximum Gasteiger partial charge on any atom is 0.239 e. The molecule has 1 aromatic heterocycles. The molecule has 2 N–H and O–H groups in total. The zero-order valence-corrected chi connectivity index (χ0v) is 15.3. The number of rotatable bonds is 6. The minimum Gasteiger partial charge on any atom is -0.467 e. The van der Waals surface area contributed by atoms with Gasteiger partial charge in [0.1, 0.15) is 5.76 Å². The van der Waals surface area contributed by atoms with Crippen molar-refractivity contribution >= 4 is 27.8 Å². The minimum atomic E-state index is -0.123. The molecule has 128 valence electrons. The zero-order valence-electron chi connectivity index (χ0n) is 13.8. The van der Waals surface area contributed by atoms with Gasteiger partial charge in [-0.25, -0.2) is 0 Å². The number of nitrogens with one attached hydrogen (secondary N) is 2. The molecular formula is C17H21BrN4O2. The molecule has 0 fully saturated rings. The molecule has 0 saturated heterocycles. The lowest BCUT2D eigenvalue weighted by molar-refractivity contribution is -0.120. The number of carbonyl (C=O) groups is 1. The van der Waals surface area contributed by atoms with E-state index in [1.807, 2.05) is 42.3 Å². The van der Waals surface area contributed by atoms with Gasteiger partial charge in [-0.15, -0.1) is 0 Å². The van der Waals surface area contributed by atoms with Crippen molar-refractivity contribution in [1.82, 2.24) is 15.5 Å². The fraction of sp³-hybridized carbons (Fsp3) is 0.294. The molecular weight excluding hydrogens is 372 g/mol. The second-order valence-electron chi connectivity index (χ2n) is 5.20. The Morgan fingerprint density at radius 3 is 2.71 bits per heavy atom. The lowest BCUT2D eigenvalue weighted by atomic mass is 10.2. The fourth-order valence-electron chi connectivity index (χ4n) is 2.16. The molecule has 0 saturated carbocycles. The smallest absolute Gasteiger partial charge is 0.239 e. The Hall–Kier alpha value is -2.28. The number of furan rings is 1. The third kappa shape index (κ3) is 5.42. The Bertz CT molecular complexity index is 686. The summed E-state index contributed by atoms with van der Waals surface area (Å²) in [5.41, 5.74) is 1.14. The molecule has 1 aromatic carbocycles. The summed E-state index contributed by atoms with van der Waals surface area (Å²) in [6, 6.07) is 11.6. The lowest BCUT2D eigenvalue weighted by Crippen LogP contribution is -2.43. The van der Waals surface area contributed by atoms with E-state index in [1.54, 1.807) is 19.4 Å². The standard InChI is InChI=1S/C17H21BrN4O2/c1-19-17(22(2)12-13-6-3-4-8-15(13)18)21-11-16(23)20-10-14-7-5-9-24-14/h3-9H,10-12H2,1-2H3,(H,19,21)(H,20,23). The lowest BCUT2D eigenvalue weighted by Gasteiger charge is -2.22. The third-order valence-corrected chi connectivity index (χ3v) is 4.16. The molecule has 0 aliphatic carbocycles. The van der Waals surface area contributed by atoms with Crippen LogP contribution in [0.4, 0.5) is 0 Å². The minimum absolute atomic E-state index is 0.123. The van der Waals surface area contributed by atoms with E-state index in [4.69, 9.17) is 4.42 Å². The highest BCUT2D eigenvalue weighted by molar-refractivity contribution is 9.10. The molecule has 6 nitrogen and oxygen atoms in total. The van der Waals surface area contributed by atoms with Crippen LogP contribution in [0.3, 0.4) is 0 Å². The molecule has 2 aromatic rings. The number of carbonyl (C=O) groups excluding carboxylic acids is 1. The molecule has 0 spiro atoms. The maximum absolute atomic E-state index is 11.9. The van der Waals surface area contributed by atoms with Crippen molar-refractivity contribution in [3.05, 3.63) is 58.5 Å². The van der Waals surface area contributed by atoms with Crippen LogP contribution in [-0.2, 0) is 17.9 Å². The second-order valence-corrected chi connectivity index (χ2v) is 6.06. The number of benzene rings is 1. The van der Waals surface area contributed by atoms with E-state index in [2.05, 4.69) is 31.6 Å². The molecule has 0 bridgehead atoms.